The highest BCUT2D eigenvalue weighted by Crippen LogP contribution is 2.30. The summed E-state index contributed by atoms with van der Waals surface area (Å²) in [6, 6.07) is 36.3. The first-order valence-corrected chi connectivity index (χ1v) is 11.2. The molecule has 0 bridgehead atoms. The van der Waals surface area contributed by atoms with Crippen molar-refractivity contribution in [2.45, 2.75) is 13.2 Å². The third-order valence-corrected chi connectivity index (χ3v) is 5.61. The maximum absolute atomic E-state index is 13.2. The Morgan fingerprint density at radius 2 is 1.35 bits per heavy atom. The number of ether oxygens (including phenoxy) is 2. The summed E-state index contributed by atoms with van der Waals surface area (Å²) >= 11 is 0. The predicted molar refractivity (Wildman–Crippen MR) is 135 cm³/mol. The van der Waals surface area contributed by atoms with Crippen LogP contribution in [0.3, 0.4) is 0 Å². The Morgan fingerprint density at radius 1 is 0.647 bits per heavy atom. The molecule has 0 fully saturated rings. The van der Waals surface area contributed by atoms with Gasteiger partial charge >= 0.3 is 0 Å². The molecule has 0 spiro atoms. The number of fused-ring (bicyclic) bond motifs is 1. The quantitative estimate of drug-likeness (QED) is 0.261. The molecule has 0 aliphatic rings. The third kappa shape index (κ3) is 5.18. The molecule has 34 heavy (non-hydrogen) atoms. The summed E-state index contributed by atoms with van der Waals surface area (Å²) in [6.07, 6.45) is 0. The van der Waals surface area contributed by atoms with Gasteiger partial charge in [0.2, 0.25) is 0 Å². The summed E-state index contributed by atoms with van der Waals surface area (Å²) in [5.41, 5.74) is 2.98. The van der Waals surface area contributed by atoms with E-state index in [1.54, 1.807) is 12.1 Å². The minimum atomic E-state index is -0.250. The smallest absolute Gasteiger partial charge is 0.127 e. The number of hydrogen-bond acceptors (Lipinski definition) is 3. The highest BCUT2D eigenvalue weighted by molar-refractivity contribution is 5.88. The lowest BCUT2D eigenvalue weighted by molar-refractivity contribution is 0.303. The van der Waals surface area contributed by atoms with Crippen molar-refractivity contribution in [2.24, 2.45) is 0 Å². The van der Waals surface area contributed by atoms with Crippen LogP contribution in [-0.4, -0.2) is 0 Å². The molecule has 4 heteroatoms. The summed E-state index contributed by atoms with van der Waals surface area (Å²) < 4.78 is 25.3. The molecule has 0 saturated carbocycles. The molecule has 5 rings (SSSR count). The van der Waals surface area contributed by atoms with Crippen molar-refractivity contribution < 1.29 is 13.9 Å². The molecule has 168 valence electrons. The lowest BCUT2D eigenvalue weighted by atomic mass is 10.0. The van der Waals surface area contributed by atoms with Crippen molar-refractivity contribution >= 4 is 16.5 Å². The van der Waals surface area contributed by atoms with Crippen LogP contribution in [0, 0.1) is 5.82 Å². The van der Waals surface area contributed by atoms with Crippen molar-refractivity contribution in [3.05, 3.63) is 132 Å². The van der Waals surface area contributed by atoms with Gasteiger partial charge in [0.05, 0.1) is 0 Å². The van der Waals surface area contributed by atoms with Gasteiger partial charge in [-0.05, 0) is 70.9 Å². The molecule has 0 amide bonds. The minimum Gasteiger partial charge on any atom is -0.489 e. The number of halogens is 1. The first-order valence-electron chi connectivity index (χ1n) is 11.2. The zero-order chi connectivity index (χ0) is 23.2. The van der Waals surface area contributed by atoms with Crippen molar-refractivity contribution in [1.29, 1.82) is 0 Å². The lowest BCUT2D eigenvalue weighted by Gasteiger charge is -2.16. The summed E-state index contributed by atoms with van der Waals surface area (Å²) in [6.45, 7) is 0.968. The van der Waals surface area contributed by atoms with Crippen LogP contribution < -0.4 is 14.8 Å². The topological polar surface area (TPSA) is 30.5 Å². The number of nitrogens with one attached hydrogen (secondary N) is 1. The van der Waals surface area contributed by atoms with Gasteiger partial charge in [-0.1, -0.05) is 60.7 Å². The molecule has 0 aliphatic heterocycles. The Hall–Kier alpha value is -4.31. The highest BCUT2D eigenvalue weighted by Gasteiger charge is 2.10. The Morgan fingerprint density at radius 3 is 2.15 bits per heavy atom. The maximum Gasteiger partial charge on any atom is 0.127 e. The number of anilines is 1. The van der Waals surface area contributed by atoms with Crippen LogP contribution in [0.4, 0.5) is 10.1 Å². The van der Waals surface area contributed by atoms with Gasteiger partial charge in [0.15, 0.2) is 0 Å². The van der Waals surface area contributed by atoms with E-state index in [0.29, 0.717) is 13.2 Å². The molecule has 3 nitrogen and oxygen atoms in total. The fourth-order valence-corrected chi connectivity index (χ4v) is 3.83. The Labute approximate surface area is 198 Å². The second kappa shape index (κ2) is 10.1. The normalized spacial score (nSPS) is 10.7. The van der Waals surface area contributed by atoms with Crippen molar-refractivity contribution in [3.8, 4) is 17.2 Å². The molecule has 5 aromatic carbocycles. The van der Waals surface area contributed by atoms with E-state index >= 15 is 0 Å². The predicted octanol–water partition coefficient (Wildman–Crippen LogP) is 7.96. The van der Waals surface area contributed by atoms with E-state index in [-0.39, 0.29) is 5.82 Å². The number of benzene rings is 5. The monoisotopic (exact) mass is 449 g/mol. The molecular formula is C30H24FNO2. The van der Waals surface area contributed by atoms with Gasteiger partial charge in [-0.3, -0.25) is 0 Å². The van der Waals surface area contributed by atoms with Crippen LogP contribution in [0.1, 0.15) is 11.1 Å². The minimum absolute atomic E-state index is 0.250. The molecule has 0 aliphatic carbocycles. The molecular weight excluding hydrogens is 425 g/mol. The van der Waals surface area contributed by atoms with Gasteiger partial charge in [-0.25, -0.2) is 4.39 Å². The van der Waals surface area contributed by atoms with Gasteiger partial charge in [-0.15, -0.1) is 0 Å². The summed E-state index contributed by atoms with van der Waals surface area (Å²) in [5, 5.41) is 5.79. The van der Waals surface area contributed by atoms with E-state index in [4.69, 9.17) is 9.47 Å². The maximum atomic E-state index is 13.2. The molecule has 0 heterocycles. The fourth-order valence-electron chi connectivity index (χ4n) is 3.83. The van der Waals surface area contributed by atoms with Crippen LogP contribution >= 0.6 is 0 Å². The fraction of sp³-hybridized carbons (Fsp3) is 0.0667. The summed E-state index contributed by atoms with van der Waals surface area (Å²) in [7, 11) is 0. The average Bonchev–Trinajstić information content (AvgIpc) is 2.89. The van der Waals surface area contributed by atoms with Crippen LogP contribution in [0.25, 0.3) is 10.8 Å². The third-order valence-electron chi connectivity index (χ3n) is 5.61. The molecule has 0 atom stereocenters. The van der Waals surface area contributed by atoms with E-state index in [0.717, 1.165) is 44.8 Å². The number of rotatable bonds is 8. The van der Waals surface area contributed by atoms with Crippen molar-refractivity contribution in [1.82, 2.24) is 0 Å². The van der Waals surface area contributed by atoms with E-state index in [1.807, 2.05) is 72.8 Å². The molecule has 0 unspecified atom stereocenters. The van der Waals surface area contributed by atoms with Gasteiger partial charge in [0, 0.05) is 17.8 Å². The van der Waals surface area contributed by atoms with E-state index in [9.17, 15) is 4.39 Å². The summed E-state index contributed by atoms with van der Waals surface area (Å²) in [4.78, 5) is 0. The van der Waals surface area contributed by atoms with Gasteiger partial charge in [0.25, 0.3) is 0 Å². The second-order valence-electron chi connectivity index (χ2n) is 7.97. The first-order chi connectivity index (χ1) is 16.7. The van der Waals surface area contributed by atoms with E-state index in [2.05, 4.69) is 23.5 Å². The van der Waals surface area contributed by atoms with Crippen LogP contribution in [0.5, 0.6) is 17.2 Å². The Kier molecular flexibility index (Phi) is 6.39. The SMILES string of the molecule is Fc1ccc(COc2ccc3ccccc3c2CNc2ccc(Oc3ccccc3)cc2)cc1. The van der Waals surface area contributed by atoms with E-state index < -0.39 is 0 Å². The lowest BCUT2D eigenvalue weighted by Crippen LogP contribution is -2.05. The molecule has 5 aromatic rings. The van der Waals surface area contributed by atoms with Crippen LogP contribution in [0.2, 0.25) is 0 Å². The zero-order valence-corrected chi connectivity index (χ0v) is 18.6. The summed E-state index contributed by atoms with van der Waals surface area (Å²) in [5.74, 6) is 2.14. The first kappa shape index (κ1) is 21.5. The average molecular weight is 450 g/mol. The molecule has 1 N–H and O–H groups in total. The Balaban J connectivity index is 1.32. The van der Waals surface area contributed by atoms with Crippen LogP contribution in [-0.2, 0) is 13.2 Å². The number of para-hydroxylation sites is 1. The molecule has 0 radical (unpaired) electrons. The van der Waals surface area contributed by atoms with Crippen molar-refractivity contribution in [2.75, 3.05) is 5.32 Å². The standard InChI is InChI=1S/C30H24FNO2/c31-24-13-10-22(11-14-24)21-33-30-19-12-23-6-4-5-9-28(23)29(30)20-32-25-15-17-27(18-16-25)34-26-7-2-1-3-8-26/h1-19,32H,20-21H2. The largest absolute Gasteiger partial charge is 0.489 e. The number of hydrogen-bond donors (Lipinski definition) is 1. The second-order valence-corrected chi connectivity index (χ2v) is 7.97. The van der Waals surface area contributed by atoms with Gasteiger partial charge in [0.1, 0.15) is 29.7 Å². The molecule has 0 aromatic heterocycles. The molecule has 0 saturated heterocycles. The highest BCUT2D eigenvalue weighted by atomic mass is 19.1. The van der Waals surface area contributed by atoms with Crippen LogP contribution in [0.15, 0.2) is 115 Å². The zero-order valence-electron chi connectivity index (χ0n) is 18.6. The van der Waals surface area contributed by atoms with Gasteiger partial charge < -0.3 is 14.8 Å². The Bertz CT molecular complexity index is 1370. The van der Waals surface area contributed by atoms with Gasteiger partial charge in [-0.2, -0.15) is 0 Å². The van der Waals surface area contributed by atoms with Crippen molar-refractivity contribution in [3.63, 3.8) is 0 Å². The van der Waals surface area contributed by atoms with E-state index in [1.165, 1.54) is 12.1 Å².